The summed E-state index contributed by atoms with van der Waals surface area (Å²) in [6.45, 7) is 11.9. The number of likely N-dealkylation sites (N-methyl/N-ethyl adjacent to an activating group) is 1. The summed E-state index contributed by atoms with van der Waals surface area (Å²) < 4.78 is 0. The van der Waals surface area contributed by atoms with Gasteiger partial charge in [-0.2, -0.15) is 0 Å². The van der Waals surface area contributed by atoms with Gasteiger partial charge in [-0.1, -0.05) is 24.3 Å². The summed E-state index contributed by atoms with van der Waals surface area (Å²) >= 11 is 0. The van der Waals surface area contributed by atoms with Crippen molar-refractivity contribution in [1.82, 2.24) is 20.1 Å². The number of pyridine rings is 1. The van der Waals surface area contributed by atoms with Crippen molar-refractivity contribution in [2.24, 2.45) is 0 Å². The lowest BCUT2D eigenvalue weighted by Crippen LogP contribution is -2.43. The predicted octanol–water partition coefficient (Wildman–Crippen LogP) is 2.61. The summed E-state index contributed by atoms with van der Waals surface area (Å²) in [6.07, 6.45) is 1.66. The van der Waals surface area contributed by atoms with Gasteiger partial charge in [-0.3, -0.25) is 9.69 Å². The van der Waals surface area contributed by atoms with Gasteiger partial charge in [-0.05, 0) is 44.2 Å². The van der Waals surface area contributed by atoms with Crippen molar-refractivity contribution in [3.8, 4) is 0 Å². The molecule has 0 saturated carbocycles. The van der Waals surface area contributed by atoms with Gasteiger partial charge >= 0.3 is 0 Å². The van der Waals surface area contributed by atoms with Crippen LogP contribution in [-0.2, 0) is 13.1 Å². The van der Waals surface area contributed by atoms with Crippen LogP contribution in [0.25, 0.3) is 0 Å². The molecule has 1 fully saturated rings. The Labute approximate surface area is 174 Å². The van der Waals surface area contributed by atoms with Crippen molar-refractivity contribution < 1.29 is 4.79 Å². The molecule has 1 saturated heterocycles. The predicted molar refractivity (Wildman–Crippen MR) is 118 cm³/mol. The van der Waals surface area contributed by atoms with Crippen LogP contribution in [-0.4, -0.2) is 67.0 Å². The molecule has 3 rings (SSSR count). The largest absolute Gasteiger partial charge is 0.357 e. The molecule has 0 atom stereocenters. The molecule has 1 aromatic carbocycles. The number of carbonyl (C=O) groups excluding carboxylic acids is 1. The highest BCUT2D eigenvalue weighted by Gasteiger charge is 2.14. The Balaban J connectivity index is 1.53. The number of hydrogen-bond acceptors (Lipinski definition) is 5. The van der Waals surface area contributed by atoms with Crippen LogP contribution in [0.2, 0.25) is 0 Å². The number of piperazine rings is 1. The van der Waals surface area contributed by atoms with E-state index in [2.05, 4.69) is 70.2 Å². The van der Waals surface area contributed by atoms with Gasteiger partial charge in [0.2, 0.25) is 0 Å². The van der Waals surface area contributed by atoms with Gasteiger partial charge in [0.1, 0.15) is 5.82 Å². The molecular weight excluding hydrogens is 362 g/mol. The Morgan fingerprint density at radius 3 is 2.45 bits per heavy atom. The van der Waals surface area contributed by atoms with Gasteiger partial charge in [0.05, 0.1) is 5.56 Å². The normalized spacial score (nSPS) is 15.3. The van der Waals surface area contributed by atoms with Gasteiger partial charge in [0.15, 0.2) is 0 Å². The molecule has 1 amide bonds. The fourth-order valence-corrected chi connectivity index (χ4v) is 3.64. The van der Waals surface area contributed by atoms with E-state index in [0.29, 0.717) is 12.1 Å². The number of nitrogens with one attached hydrogen (secondary N) is 1. The minimum atomic E-state index is -0.0898. The highest BCUT2D eigenvalue weighted by Crippen LogP contribution is 2.12. The lowest BCUT2D eigenvalue weighted by atomic mass is 10.1. The molecule has 2 heterocycles. The maximum absolute atomic E-state index is 12.5. The van der Waals surface area contributed by atoms with Crippen molar-refractivity contribution in [3.63, 3.8) is 0 Å². The van der Waals surface area contributed by atoms with Crippen LogP contribution in [0.5, 0.6) is 0 Å². The van der Waals surface area contributed by atoms with Gasteiger partial charge in [0.25, 0.3) is 5.91 Å². The van der Waals surface area contributed by atoms with Gasteiger partial charge in [-0.25, -0.2) is 4.98 Å². The maximum atomic E-state index is 12.5. The fraction of sp³-hybridized carbons (Fsp3) is 0.478. The monoisotopic (exact) mass is 395 g/mol. The first-order valence-corrected chi connectivity index (χ1v) is 10.6. The molecule has 1 aromatic heterocycles. The topological polar surface area (TPSA) is 51.7 Å². The SMILES string of the molecule is CCN(CC)c1ccc(C(=O)NCc2cccc(CN3CCN(C)CC3)c2)cn1. The molecule has 6 nitrogen and oxygen atoms in total. The molecule has 29 heavy (non-hydrogen) atoms. The van der Waals surface area contributed by atoms with Gasteiger partial charge in [-0.15, -0.1) is 0 Å². The first-order chi connectivity index (χ1) is 14.1. The third-order valence-corrected chi connectivity index (χ3v) is 5.54. The molecule has 0 aliphatic carbocycles. The van der Waals surface area contributed by atoms with Crippen LogP contribution in [0, 0.1) is 0 Å². The molecule has 0 spiro atoms. The highest BCUT2D eigenvalue weighted by molar-refractivity contribution is 5.94. The molecule has 1 aliphatic heterocycles. The van der Waals surface area contributed by atoms with Crippen LogP contribution in [0.4, 0.5) is 5.82 Å². The van der Waals surface area contributed by atoms with Crippen LogP contribution < -0.4 is 10.2 Å². The molecule has 0 bridgehead atoms. The van der Waals surface area contributed by atoms with E-state index in [9.17, 15) is 4.79 Å². The van der Waals surface area contributed by atoms with Crippen LogP contribution in [0.1, 0.15) is 35.3 Å². The Morgan fingerprint density at radius 2 is 1.79 bits per heavy atom. The van der Waals surface area contributed by atoms with E-state index < -0.39 is 0 Å². The quantitative estimate of drug-likeness (QED) is 0.745. The Hall–Kier alpha value is -2.44. The number of hydrogen-bond donors (Lipinski definition) is 1. The van der Waals surface area contributed by atoms with Crippen molar-refractivity contribution in [3.05, 3.63) is 59.3 Å². The summed E-state index contributed by atoms with van der Waals surface area (Å²) in [5.74, 6) is 0.816. The third kappa shape index (κ3) is 6.02. The van der Waals surface area contributed by atoms with E-state index in [1.165, 1.54) is 5.56 Å². The number of aromatic nitrogens is 1. The van der Waals surface area contributed by atoms with Crippen LogP contribution in [0.15, 0.2) is 42.6 Å². The number of amides is 1. The second-order valence-corrected chi connectivity index (χ2v) is 7.66. The van der Waals surface area contributed by atoms with E-state index >= 15 is 0 Å². The second-order valence-electron chi connectivity index (χ2n) is 7.66. The number of nitrogens with zero attached hydrogens (tertiary/aromatic N) is 4. The Kier molecular flexibility index (Phi) is 7.61. The first-order valence-electron chi connectivity index (χ1n) is 10.6. The minimum Gasteiger partial charge on any atom is -0.357 e. The van der Waals surface area contributed by atoms with Crippen molar-refractivity contribution in [2.75, 3.05) is 51.2 Å². The van der Waals surface area contributed by atoms with E-state index in [1.807, 2.05) is 12.1 Å². The number of anilines is 1. The van der Waals surface area contributed by atoms with Crippen LogP contribution >= 0.6 is 0 Å². The molecule has 1 N–H and O–H groups in total. The standard InChI is InChI=1S/C23H33N5O/c1-4-28(5-2)22-10-9-21(17-24-22)23(29)25-16-19-7-6-8-20(15-19)18-27-13-11-26(3)12-14-27/h6-10,15,17H,4-5,11-14,16,18H2,1-3H3,(H,25,29). The molecule has 156 valence electrons. The zero-order valence-electron chi connectivity index (χ0n) is 17.9. The molecular formula is C23H33N5O. The minimum absolute atomic E-state index is 0.0898. The average Bonchev–Trinajstić information content (AvgIpc) is 2.75. The second kappa shape index (κ2) is 10.4. The lowest BCUT2D eigenvalue weighted by Gasteiger charge is -2.32. The van der Waals surface area contributed by atoms with E-state index in [4.69, 9.17) is 0 Å². The first kappa shape index (κ1) is 21.3. The van der Waals surface area contributed by atoms with Gasteiger partial charge in [0, 0.05) is 58.6 Å². The summed E-state index contributed by atoms with van der Waals surface area (Å²) in [6, 6.07) is 12.3. The number of carbonyl (C=O) groups is 1. The summed E-state index contributed by atoms with van der Waals surface area (Å²) in [7, 11) is 2.17. The van der Waals surface area contributed by atoms with Crippen molar-refractivity contribution in [2.45, 2.75) is 26.9 Å². The zero-order valence-corrected chi connectivity index (χ0v) is 17.9. The van der Waals surface area contributed by atoms with Crippen molar-refractivity contribution in [1.29, 1.82) is 0 Å². The summed E-state index contributed by atoms with van der Waals surface area (Å²) in [5.41, 5.74) is 3.01. The number of benzene rings is 1. The average molecular weight is 396 g/mol. The van der Waals surface area contributed by atoms with Crippen LogP contribution in [0.3, 0.4) is 0 Å². The molecule has 1 aliphatic rings. The smallest absolute Gasteiger partial charge is 0.253 e. The van der Waals surface area contributed by atoms with E-state index in [-0.39, 0.29) is 5.91 Å². The third-order valence-electron chi connectivity index (χ3n) is 5.54. The van der Waals surface area contributed by atoms with Crippen molar-refractivity contribution >= 4 is 11.7 Å². The molecule has 0 unspecified atom stereocenters. The Bertz CT molecular complexity index is 780. The van der Waals surface area contributed by atoms with Gasteiger partial charge < -0.3 is 15.1 Å². The zero-order chi connectivity index (χ0) is 20.6. The molecule has 2 aromatic rings. The highest BCUT2D eigenvalue weighted by atomic mass is 16.1. The number of rotatable bonds is 8. The maximum Gasteiger partial charge on any atom is 0.253 e. The summed E-state index contributed by atoms with van der Waals surface area (Å²) in [4.78, 5) is 23.9. The van der Waals surface area contributed by atoms with E-state index in [0.717, 1.165) is 57.2 Å². The lowest BCUT2D eigenvalue weighted by molar-refractivity contribution is 0.0950. The summed E-state index contributed by atoms with van der Waals surface area (Å²) in [5, 5.41) is 3.02. The Morgan fingerprint density at radius 1 is 1.07 bits per heavy atom. The fourth-order valence-electron chi connectivity index (χ4n) is 3.64. The molecule has 0 radical (unpaired) electrons. The molecule has 6 heteroatoms. The van der Waals surface area contributed by atoms with E-state index in [1.54, 1.807) is 6.20 Å².